The fourth-order valence-electron chi connectivity index (χ4n) is 1.61. The predicted molar refractivity (Wildman–Crippen MR) is 64.7 cm³/mol. The van der Waals surface area contributed by atoms with Gasteiger partial charge in [-0.2, -0.15) is 0 Å². The van der Waals surface area contributed by atoms with Gasteiger partial charge in [0, 0.05) is 17.0 Å². The Balaban J connectivity index is 2.65. The summed E-state index contributed by atoms with van der Waals surface area (Å²) in [6.45, 7) is 4.07. The molecule has 0 unspecified atom stereocenters. The molecule has 0 aromatic heterocycles. The molecule has 1 rings (SSSR count). The van der Waals surface area contributed by atoms with Gasteiger partial charge in [0.1, 0.15) is 0 Å². The van der Waals surface area contributed by atoms with Crippen molar-refractivity contribution in [1.82, 2.24) is 0 Å². The number of benzene rings is 1. The van der Waals surface area contributed by atoms with E-state index < -0.39 is 0 Å². The zero-order chi connectivity index (χ0) is 11.3. The molecule has 1 aromatic rings. The Morgan fingerprint density at radius 2 is 2.07 bits per heavy atom. The summed E-state index contributed by atoms with van der Waals surface area (Å²) in [7, 11) is 0. The Morgan fingerprint density at radius 3 is 2.67 bits per heavy atom. The number of rotatable bonds is 5. The van der Waals surface area contributed by atoms with Gasteiger partial charge in [0.15, 0.2) is 5.78 Å². The van der Waals surface area contributed by atoms with E-state index in [0.29, 0.717) is 11.4 Å². The molecule has 0 fully saturated rings. The lowest BCUT2D eigenvalue weighted by Crippen LogP contribution is -2.01. The lowest BCUT2D eigenvalue weighted by atomic mass is 10.0. The van der Waals surface area contributed by atoms with Crippen molar-refractivity contribution in [3.63, 3.8) is 0 Å². The van der Waals surface area contributed by atoms with Gasteiger partial charge in [0.2, 0.25) is 0 Å². The SMILES string of the molecule is CCCCCC(=O)c1ccc(Cl)cc1C. The van der Waals surface area contributed by atoms with Crippen LogP contribution >= 0.6 is 11.6 Å². The van der Waals surface area contributed by atoms with Crippen molar-refractivity contribution in [3.8, 4) is 0 Å². The van der Waals surface area contributed by atoms with Crippen molar-refractivity contribution in [2.45, 2.75) is 39.5 Å². The normalized spacial score (nSPS) is 10.3. The molecule has 0 aliphatic heterocycles. The standard InChI is InChI=1S/C13H17ClO/c1-3-4-5-6-13(15)12-8-7-11(14)9-10(12)2/h7-9H,3-6H2,1-2H3. The molecule has 0 N–H and O–H groups in total. The smallest absolute Gasteiger partial charge is 0.163 e. The van der Waals surface area contributed by atoms with Gasteiger partial charge in [-0.05, 0) is 37.1 Å². The van der Waals surface area contributed by atoms with Gasteiger partial charge in [0.05, 0.1) is 0 Å². The highest BCUT2D eigenvalue weighted by molar-refractivity contribution is 6.30. The molecule has 0 heterocycles. The van der Waals surface area contributed by atoms with Crippen LogP contribution in [0.3, 0.4) is 0 Å². The molecule has 0 radical (unpaired) electrons. The van der Waals surface area contributed by atoms with Crippen LogP contribution in [0.2, 0.25) is 5.02 Å². The Labute approximate surface area is 96.5 Å². The van der Waals surface area contributed by atoms with E-state index >= 15 is 0 Å². The summed E-state index contributed by atoms with van der Waals surface area (Å²) in [5.41, 5.74) is 1.79. The minimum atomic E-state index is 0.234. The van der Waals surface area contributed by atoms with E-state index in [4.69, 9.17) is 11.6 Å². The van der Waals surface area contributed by atoms with E-state index in [9.17, 15) is 4.79 Å². The molecule has 1 nitrogen and oxygen atoms in total. The van der Waals surface area contributed by atoms with Gasteiger partial charge >= 0.3 is 0 Å². The zero-order valence-corrected chi connectivity index (χ0v) is 10.1. The summed E-state index contributed by atoms with van der Waals surface area (Å²) in [6.07, 6.45) is 3.90. The summed E-state index contributed by atoms with van der Waals surface area (Å²) in [5, 5.41) is 0.692. The van der Waals surface area contributed by atoms with E-state index in [1.807, 2.05) is 19.1 Å². The van der Waals surface area contributed by atoms with Gasteiger partial charge < -0.3 is 0 Å². The third-order valence-electron chi connectivity index (χ3n) is 2.50. The van der Waals surface area contributed by atoms with Crippen LogP contribution in [-0.4, -0.2) is 5.78 Å². The lowest BCUT2D eigenvalue weighted by Gasteiger charge is -2.04. The summed E-state index contributed by atoms with van der Waals surface area (Å²) >= 11 is 5.84. The molecule has 0 aliphatic rings. The first kappa shape index (κ1) is 12.3. The number of hydrogen-bond acceptors (Lipinski definition) is 1. The number of carbonyl (C=O) groups is 1. The molecule has 0 saturated carbocycles. The quantitative estimate of drug-likeness (QED) is 0.535. The molecule has 0 bridgehead atoms. The monoisotopic (exact) mass is 224 g/mol. The Hall–Kier alpha value is -0.820. The molecule has 15 heavy (non-hydrogen) atoms. The molecule has 0 amide bonds. The van der Waals surface area contributed by atoms with Gasteiger partial charge in [-0.15, -0.1) is 0 Å². The molecular weight excluding hydrogens is 208 g/mol. The van der Waals surface area contributed by atoms with E-state index in [1.54, 1.807) is 6.07 Å². The van der Waals surface area contributed by atoms with Crippen LogP contribution in [0.1, 0.15) is 48.5 Å². The second-order valence-electron chi connectivity index (χ2n) is 3.84. The molecule has 2 heteroatoms. The average molecular weight is 225 g/mol. The van der Waals surface area contributed by atoms with E-state index in [1.165, 1.54) is 0 Å². The predicted octanol–water partition coefficient (Wildman–Crippen LogP) is 4.41. The second-order valence-corrected chi connectivity index (χ2v) is 4.28. The van der Waals surface area contributed by atoms with Crippen molar-refractivity contribution in [2.24, 2.45) is 0 Å². The first-order valence-electron chi connectivity index (χ1n) is 5.44. The van der Waals surface area contributed by atoms with Crippen molar-refractivity contribution in [2.75, 3.05) is 0 Å². The van der Waals surface area contributed by atoms with Crippen molar-refractivity contribution < 1.29 is 4.79 Å². The Kier molecular flexibility index (Phi) is 4.83. The topological polar surface area (TPSA) is 17.1 Å². The highest BCUT2D eigenvalue weighted by atomic mass is 35.5. The third kappa shape index (κ3) is 3.67. The summed E-state index contributed by atoms with van der Waals surface area (Å²) in [6, 6.07) is 5.45. The highest BCUT2D eigenvalue weighted by Crippen LogP contribution is 2.17. The number of ketones is 1. The number of unbranched alkanes of at least 4 members (excludes halogenated alkanes) is 2. The van der Waals surface area contributed by atoms with E-state index in [0.717, 1.165) is 30.4 Å². The first-order valence-corrected chi connectivity index (χ1v) is 5.82. The molecule has 82 valence electrons. The summed E-state index contributed by atoms with van der Waals surface area (Å²) < 4.78 is 0. The fourth-order valence-corrected chi connectivity index (χ4v) is 1.84. The molecule has 0 saturated heterocycles. The molecular formula is C13H17ClO. The summed E-state index contributed by atoms with van der Waals surface area (Å²) in [5.74, 6) is 0.234. The minimum absolute atomic E-state index is 0.234. The van der Waals surface area contributed by atoms with Crippen LogP contribution in [0.25, 0.3) is 0 Å². The summed E-state index contributed by atoms with van der Waals surface area (Å²) in [4.78, 5) is 11.8. The van der Waals surface area contributed by atoms with Gasteiger partial charge in [-0.3, -0.25) is 4.79 Å². The van der Waals surface area contributed by atoms with Crippen LogP contribution in [0.5, 0.6) is 0 Å². The van der Waals surface area contributed by atoms with Crippen LogP contribution in [0, 0.1) is 6.92 Å². The first-order chi connectivity index (χ1) is 7.15. The highest BCUT2D eigenvalue weighted by Gasteiger charge is 2.08. The molecule has 0 aliphatic carbocycles. The maximum Gasteiger partial charge on any atom is 0.163 e. The third-order valence-corrected chi connectivity index (χ3v) is 2.73. The number of hydrogen-bond donors (Lipinski definition) is 0. The second kappa shape index (κ2) is 5.92. The minimum Gasteiger partial charge on any atom is -0.294 e. The van der Waals surface area contributed by atoms with E-state index in [-0.39, 0.29) is 5.78 Å². The van der Waals surface area contributed by atoms with Crippen molar-refractivity contribution in [1.29, 1.82) is 0 Å². The fraction of sp³-hybridized carbons (Fsp3) is 0.462. The van der Waals surface area contributed by atoms with Crippen molar-refractivity contribution in [3.05, 3.63) is 34.3 Å². The van der Waals surface area contributed by atoms with E-state index in [2.05, 4.69) is 6.92 Å². The van der Waals surface area contributed by atoms with Crippen molar-refractivity contribution >= 4 is 17.4 Å². The number of aryl methyl sites for hydroxylation is 1. The number of Topliss-reactive ketones (excluding diaryl/α,β-unsaturated/α-hetero) is 1. The Bertz CT molecular complexity index is 344. The van der Waals surface area contributed by atoms with Crippen LogP contribution in [0.4, 0.5) is 0 Å². The zero-order valence-electron chi connectivity index (χ0n) is 9.35. The van der Waals surface area contributed by atoms with Crippen LogP contribution in [0.15, 0.2) is 18.2 Å². The lowest BCUT2D eigenvalue weighted by molar-refractivity contribution is 0.0979. The number of halogens is 1. The largest absolute Gasteiger partial charge is 0.294 e. The van der Waals surface area contributed by atoms with Crippen LogP contribution < -0.4 is 0 Å². The van der Waals surface area contributed by atoms with Gasteiger partial charge in [0.25, 0.3) is 0 Å². The maximum absolute atomic E-state index is 11.8. The average Bonchev–Trinajstić information content (AvgIpc) is 2.17. The van der Waals surface area contributed by atoms with Gasteiger partial charge in [-0.25, -0.2) is 0 Å². The molecule has 0 atom stereocenters. The number of carbonyl (C=O) groups excluding carboxylic acids is 1. The molecule has 0 spiro atoms. The Morgan fingerprint density at radius 1 is 1.33 bits per heavy atom. The van der Waals surface area contributed by atoms with Gasteiger partial charge in [-0.1, -0.05) is 31.4 Å². The molecule has 1 aromatic carbocycles. The van der Waals surface area contributed by atoms with Crippen LogP contribution in [-0.2, 0) is 0 Å². The maximum atomic E-state index is 11.8.